The summed E-state index contributed by atoms with van der Waals surface area (Å²) in [4.78, 5) is 27.0. The van der Waals surface area contributed by atoms with Gasteiger partial charge in [-0.3, -0.25) is 9.59 Å². The highest BCUT2D eigenvalue weighted by molar-refractivity contribution is 7.89. The van der Waals surface area contributed by atoms with Crippen LogP contribution in [0.15, 0.2) is 53.4 Å². The third kappa shape index (κ3) is 4.85. The van der Waals surface area contributed by atoms with Gasteiger partial charge in [-0.1, -0.05) is 42.0 Å². The molecule has 6 nitrogen and oxygen atoms in total. The Morgan fingerprint density at radius 3 is 2.11 bits per heavy atom. The summed E-state index contributed by atoms with van der Waals surface area (Å²) in [6.07, 6.45) is 1.51. The van der Waals surface area contributed by atoms with Crippen molar-refractivity contribution >= 4 is 21.7 Å². The largest absolute Gasteiger partial charge is 0.342 e. The fourth-order valence-electron chi connectivity index (χ4n) is 3.43. The van der Waals surface area contributed by atoms with Gasteiger partial charge in [-0.2, -0.15) is 0 Å². The molecule has 7 heteroatoms. The second-order valence-corrected chi connectivity index (χ2v) is 8.81. The molecular weight excluding hydrogens is 376 g/mol. The zero-order chi connectivity index (χ0) is 20.3. The molecule has 1 aliphatic heterocycles. The summed E-state index contributed by atoms with van der Waals surface area (Å²) in [6, 6.07) is 13.6. The number of sulfonamides is 1. The molecule has 0 atom stereocenters. The van der Waals surface area contributed by atoms with Crippen molar-refractivity contribution in [3.63, 3.8) is 0 Å². The maximum absolute atomic E-state index is 12.6. The molecule has 0 bridgehead atoms. The van der Waals surface area contributed by atoms with Crippen molar-refractivity contribution < 1.29 is 18.0 Å². The Labute approximate surface area is 165 Å². The van der Waals surface area contributed by atoms with Crippen molar-refractivity contribution in [3.05, 3.63) is 65.2 Å². The molecule has 2 aromatic rings. The minimum Gasteiger partial charge on any atom is -0.342 e. The zero-order valence-corrected chi connectivity index (χ0v) is 16.6. The lowest BCUT2D eigenvalue weighted by Crippen LogP contribution is -2.41. The second-order valence-electron chi connectivity index (χ2n) is 7.25. The number of Topliss-reactive ketones (excluding diaryl/α,β-unsaturated/α-hetero) is 1. The van der Waals surface area contributed by atoms with Gasteiger partial charge in [-0.05, 0) is 37.5 Å². The van der Waals surface area contributed by atoms with Crippen molar-refractivity contribution in [2.75, 3.05) is 13.1 Å². The highest BCUT2D eigenvalue weighted by atomic mass is 32.2. The fourth-order valence-corrected chi connectivity index (χ4v) is 3.94. The highest BCUT2D eigenvalue weighted by Crippen LogP contribution is 2.23. The molecule has 1 aliphatic rings. The molecule has 28 heavy (non-hydrogen) atoms. The minimum atomic E-state index is -3.74. The van der Waals surface area contributed by atoms with Gasteiger partial charge >= 0.3 is 0 Å². The molecule has 0 aliphatic carbocycles. The maximum atomic E-state index is 12.6. The summed E-state index contributed by atoms with van der Waals surface area (Å²) < 4.78 is 22.6. The molecule has 1 saturated heterocycles. The van der Waals surface area contributed by atoms with Gasteiger partial charge in [0.15, 0.2) is 5.78 Å². The van der Waals surface area contributed by atoms with E-state index in [0.717, 1.165) is 16.7 Å². The number of rotatable bonds is 5. The van der Waals surface area contributed by atoms with Crippen LogP contribution in [0.2, 0.25) is 0 Å². The number of carbonyl (C=O) groups excluding carboxylic acids is 2. The van der Waals surface area contributed by atoms with Gasteiger partial charge in [-0.25, -0.2) is 13.6 Å². The van der Waals surface area contributed by atoms with Gasteiger partial charge in [0.2, 0.25) is 15.9 Å². The molecule has 2 N–H and O–H groups in total. The summed E-state index contributed by atoms with van der Waals surface area (Å²) in [5.41, 5.74) is 2.58. The monoisotopic (exact) mass is 400 g/mol. The molecule has 1 fully saturated rings. The van der Waals surface area contributed by atoms with E-state index in [4.69, 9.17) is 5.14 Å². The summed E-state index contributed by atoms with van der Waals surface area (Å²) in [7, 11) is -3.74. The molecular formula is C21H24N2O4S. The van der Waals surface area contributed by atoms with Gasteiger partial charge in [0.25, 0.3) is 0 Å². The molecule has 0 aromatic heterocycles. The number of carbonyl (C=O) groups is 2. The van der Waals surface area contributed by atoms with Crippen molar-refractivity contribution in [2.24, 2.45) is 11.1 Å². The van der Waals surface area contributed by atoms with E-state index in [1.54, 1.807) is 17.0 Å². The van der Waals surface area contributed by atoms with E-state index in [0.29, 0.717) is 25.9 Å². The van der Waals surface area contributed by atoms with Crippen molar-refractivity contribution in [3.8, 4) is 0 Å². The SMILES string of the molecule is Cc1ccc(C(=O)C2CCN(C(=O)Cc3ccc(S(N)(=O)=O)cc3)CC2)cc1. The molecule has 0 saturated carbocycles. The van der Waals surface area contributed by atoms with Crippen LogP contribution in [0.5, 0.6) is 0 Å². The summed E-state index contributed by atoms with van der Waals surface area (Å²) in [5.74, 6) is 0.0658. The number of primary sulfonamides is 1. The van der Waals surface area contributed by atoms with E-state index >= 15 is 0 Å². The lowest BCUT2D eigenvalue weighted by Gasteiger charge is -2.31. The van der Waals surface area contributed by atoms with Crippen molar-refractivity contribution in [1.82, 2.24) is 4.90 Å². The molecule has 0 spiro atoms. The number of likely N-dealkylation sites (tertiary alicyclic amines) is 1. The van der Waals surface area contributed by atoms with E-state index < -0.39 is 10.0 Å². The van der Waals surface area contributed by atoms with Crippen LogP contribution >= 0.6 is 0 Å². The Morgan fingerprint density at radius 1 is 1.00 bits per heavy atom. The molecule has 1 amide bonds. The summed E-state index contributed by atoms with van der Waals surface area (Å²) in [5, 5.41) is 5.08. The number of nitrogens with zero attached hydrogens (tertiary/aromatic N) is 1. The lowest BCUT2D eigenvalue weighted by atomic mass is 9.88. The number of nitrogens with two attached hydrogens (primary N) is 1. The van der Waals surface area contributed by atoms with Crippen LogP contribution in [0.25, 0.3) is 0 Å². The average molecular weight is 401 g/mol. The number of hydrogen-bond acceptors (Lipinski definition) is 4. The van der Waals surface area contributed by atoms with E-state index in [-0.39, 0.29) is 28.9 Å². The van der Waals surface area contributed by atoms with Crippen LogP contribution in [0.1, 0.15) is 34.3 Å². The summed E-state index contributed by atoms with van der Waals surface area (Å²) in [6.45, 7) is 3.09. The number of amides is 1. The van der Waals surface area contributed by atoms with E-state index in [1.165, 1.54) is 12.1 Å². The quantitative estimate of drug-likeness (QED) is 0.779. The Kier molecular flexibility index (Phi) is 5.96. The number of ketones is 1. The second kappa shape index (κ2) is 8.24. The zero-order valence-electron chi connectivity index (χ0n) is 15.8. The van der Waals surface area contributed by atoms with Gasteiger partial charge in [0.1, 0.15) is 0 Å². The Balaban J connectivity index is 1.55. The van der Waals surface area contributed by atoms with Crippen LogP contribution < -0.4 is 5.14 Å². The van der Waals surface area contributed by atoms with E-state index in [1.807, 2.05) is 31.2 Å². The van der Waals surface area contributed by atoms with Crippen LogP contribution in [-0.2, 0) is 21.2 Å². The predicted molar refractivity (Wildman–Crippen MR) is 106 cm³/mol. The van der Waals surface area contributed by atoms with Gasteiger partial charge < -0.3 is 4.90 Å². The molecule has 3 rings (SSSR count). The van der Waals surface area contributed by atoms with Gasteiger partial charge in [-0.15, -0.1) is 0 Å². The maximum Gasteiger partial charge on any atom is 0.238 e. The van der Waals surface area contributed by atoms with Crippen LogP contribution in [0, 0.1) is 12.8 Å². The first-order valence-electron chi connectivity index (χ1n) is 9.24. The molecule has 0 radical (unpaired) electrons. The average Bonchev–Trinajstić information content (AvgIpc) is 2.68. The number of piperidine rings is 1. The third-order valence-corrected chi connectivity index (χ3v) is 6.09. The van der Waals surface area contributed by atoms with Crippen molar-refractivity contribution in [1.29, 1.82) is 0 Å². The number of benzene rings is 2. The first-order chi connectivity index (χ1) is 13.2. The normalized spacial score (nSPS) is 15.4. The van der Waals surface area contributed by atoms with Gasteiger partial charge in [0, 0.05) is 24.6 Å². The smallest absolute Gasteiger partial charge is 0.238 e. The van der Waals surface area contributed by atoms with Gasteiger partial charge in [0.05, 0.1) is 11.3 Å². The number of hydrogen-bond donors (Lipinski definition) is 1. The predicted octanol–water partition coefficient (Wildman–Crippen LogP) is 2.31. The van der Waals surface area contributed by atoms with Crippen LogP contribution in [0.4, 0.5) is 0 Å². The molecule has 1 heterocycles. The topological polar surface area (TPSA) is 97.5 Å². The third-order valence-electron chi connectivity index (χ3n) is 5.16. The Bertz CT molecular complexity index is 958. The van der Waals surface area contributed by atoms with Crippen LogP contribution in [-0.4, -0.2) is 38.1 Å². The van der Waals surface area contributed by atoms with E-state index in [9.17, 15) is 18.0 Å². The molecule has 0 unspecified atom stereocenters. The Hall–Kier alpha value is -2.51. The first kappa shape index (κ1) is 20.2. The van der Waals surface area contributed by atoms with Crippen molar-refractivity contribution in [2.45, 2.75) is 31.1 Å². The Morgan fingerprint density at radius 2 is 1.57 bits per heavy atom. The minimum absolute atomic E-state index is 0.0235. The lowest BCUT2D eigenvalue weighted by molar-refractivity contribution is -0.131. The fraction of sp³-hybridized carbons (Fsp3) is 0.333. The highest BCUT2D eigenvalue weighted by Gasteiger charge is 2.27. The van der Waals surface area contributed by atoms with E-state index in [2.05, 4.69) is 0 Å². The summed E-state index contributed by atoms with van der Waals surface area (Å²) >= 11 is 0. The molecule has 148 valence electrons. The van der Waals surface area contributed by atoms with Crippen LogP contribution in [0.3, 0.4) is 0 Å². The number of aryl methyl sites for hydroxylation is 1. The first-order valence-corrected chi connectivity index (χ1v) is 10.8. The standard InChI is InChI=1S/C21H24N2O4S/c1-15-2-6-17(7-3-15)21(25)18-10-12-23(13-11-18)20(24)14-16-4-8-19(9-5-16)28(22,26)27/h2-9,18H,10-14H2,1H3,(H2,22,26,27). The molecule has 2 aromatic carbocycles.